The monoisotopic (exact) mass is 356 g/mol. The second-order valence-corrected chi connectivity index (χ2v) is 7.10. The zero-order chi connectivity index (χ0) is 17.4. The van der Waals surface area contributed by atoms with Crippen molar-refractivity contribution in [3.05, 3.63) is 68.5 Å². The summed E-state index contributed by atoms with van der Waals surface area (Å²) in [6.07, 6.45) is 0.727. The van der Waals surface area contributed by atoms with Gasteiger partial charge in [0.25, 0.3) is 5.56 Å². The zero-order valence-electron chi connectivity index (χ0n) is 13.8. The van der Waals surface area contributed by atoms with Gasteiger partial charge in [0.05, 0.1) is 16.1 Å². The van der Waals surface area contributed by atoms with Crippen LogP contribution in [-0.2, 0) is 19.5 Å². The van der Waals surface area contributed by atoms with Gasteiger partial charge in [0.2, 0.25) is 5.95 Å². The largest absolute Gasteiger partial charge is 0.306 e. The van der Waals surface area contributed by atoms with Crippen molar-refractivity contribution in [2.75, 3.05) is 6.54 Å². The summed E-state index contributed by atoms with van der Waals surface area (Å²) in [7, 11) is 0. The molecule has 3 aromatic heterocycles. The molecule has 1 N–H and O–H groups in total. The van der Waals surface area contributed by atoms with Crippen molar-refractivity contribution in [3.63, 3.8) is 0 Å². The molecule has 25 heavy (non-hydrogen) atoms. The molecule has 0 radical (unpaired) electrons. The molecule has 3 aromatic rings. The van der Waals surface area contributed by atoms with Crippen LogP contribution in [0, 0.1) is 12.9 Å². The van der Waals surface area contributed by atoms with Gasteiger partial charge in [-0.25, -0.2) is 9.97 Å². The molecule has 0 unspecified atom stereocenters. The van der Waals surface area contributed by atoms with Crippen LogP contribution in [0.1, 0.15) is 22.5 Å². The molecule has 1 aliphatic heterocycles. The van der Waals surface area contributed by atoms with Gasteiger partial charge in [-0.2, -0.15) is 4.39 Å². The molecule has 5 nitrogen and oxygen atoms in total. The van der Waals surface area contributed by atoms with Gasteiger partial charge in [-0.3, -0.25) is 9.69 Å². The molecule has 0 saturated heterocycles. The third kappa shape index (κ3) is 3.25. The van der Waals surface area contributed by atoms with E-state index in [0.29, 0.717) is 24.6 Å². The highest BCUT2D eigenvalue weighted by Gasteiger charge is 2.22. The predicted octanol–water partition coefficient (Wildman–Crippen LogP) is 2.90. The van der Waals surface area contributed by atoms with E-state index < -0.39 is 5.95 Å². The van der Waals surface area contributed by atoms with E-state index in [1.165, 1.54) is 6.07 Å². The molecule has 0 aliphatic carbocycles. The summed E-state index contributed by atoms with van der Waals surface area (Å²) in [5, 5.41) is 1.97. The third-order valence-electron chi connectivity index (χ3n) is 4.46. The number of rotatable bonds is 3. The molecule has 4 heterocycles. The number of halogens is 1. The van der Waals surface area contributed by atoms with Crippen molar-refractivity contribution < 1.29 is 4.39 Å². The number of nitrogens with zero attached hydrogens (tertiary/aromatic N) is 3. The van der Waals surface area contributed by atoms with E-state index in [2.05, 4.69) is 19.9 Å². The number of aromatic amines is 1. The van der Waals surface area contributed by atoms with Crippen molar-refractivity contribution in [1.29, 1.82) is 0 Å². The normalized spacial score (nSPS) is 14.5. The number of H-pyrrole nitrogens is 1. The predicted molar refractivity (Wildman–Crippen MR) is 94.9 cm³/mol. The van der Waals surface area contributed by atoms with Gasteiger partial charge >= 0.3 is 0 Å². The number of pyridine rings is 1. The Labute approximate surface area is 148 Å². The van der Waals surface area contributed by atoms with Gasteiger partial charge in [0, 0.05) is 31.7 Å². The van der Waals surface area contributed by atoms with E-state index in [9.17, 15) is 9.18 Å². The highest BCUT2D eigenvalue weighted by atomic mass is 32.1. The van der Waals surface area contributed by atoms with E-state index in [1.54, 1.807) is 24.3 Å². The lowest BCUT2D eigenvalue weighted by Gasteiger charge is -2.28. The second-order valence-electron chi connectivity index (χ2n) is 6.16. The smallest absolute Gasteiger partial charge is 0.255 e. The van der Waals surface area contributed by atoms with Gasteiger partial charge in [0.15, 0.2) is 5.82 Å². The number of fused-ring (bicyclic) bond motifs is 1. The molecule has 0 aromatic carbocycles. The van der Waals surface area contributed by atoms with E-state index in [-0.39, 0.29) is 5.56 Å². The van der Waals surface area contributed by atoms with Crippen LogP contribution in [0.5, 0.6) is 0 Å². The lowest BCUT2D eigenvalue weighted by atomic mass is 10.1. The average Bonchev–Trinajstić information content (AvgIpc) is 3.12. The Balaban J connectivity index is 1.58. The number of thiophene rings is 1. The Hall–Kier alpha value is -2.38. The van der Waals surface area contributed by atoms with E-state index in [0.717, 1.165) is 34.7 Å². The van der Waals surface area contributed by atoms with Gasteiger partial charge in [-0.1, -0.05) is 12.1 Å². The van der Waals surface area contributed by atoms with Crippen LogP contribution >= 0.6 is 11.3 Å². The van der Waals surface area contributed by atoms with E-state index in [4.69, 9.17) is 0 Å². The van der Waals surface area contributed by atoms with Crippen molar-refractivity contribution in [3.8, 4) is 10.7 Å². The zero-order valence-corrected chi connectivity index (χ0v) is 14.6. The van der Waals surface area contributed by atoms with Crippen LogP contribution in [0.3, 0.4) is 0 Å². The SMILES string of the molecule is Cc1nc(F)ccc1CN1CCc2nc(-c3cccs3)[nH]c(=O)c2C1. The first-order chi connectivity index (χ1) is 12.1. The fraction of sp³-hybridized carbons (Fsp3) is 0.278. The average molecular weight is 356 g/mol. The number of hydrogen-bond donors (Lipinski definition) is 1. The van der Waals surface area contributed by atoms with Crippen molar-refractivity contribution >= 4 is 11.3 Å². The minimum atomic E-state index is -0.466. The molecule has 0 fully saturated rings. The summed E-state index contributed by atoms with van der Waals surface area (Å²) in [6, 6.07) is 7.03. The number of hydrogen-bond acceptors (Lipinski definition) is 5. The summed E-state index contributed by atoms with van der Waals surface area (Å²) in [5.41, 5.74) is 3.18. The Morgan fingerprint density at radius 2 is 2.20 bits per heavy atom. The quantitative estimate of drug-likeness (QED) is 0.733. The molecule has 1 aliphatic rings. The van der Waals surface area contributed by atoms with E-state index >= 15 is 0 Å². The maximum absolute atomic E-state index is 13.2. The van der Waals surface area contributed by atoms with E-state index in [1.807, 2.05) is 17.5 Å². The molecule has 0 amide bonds. The summed E-state index contributed by atoms with van der Waals surface area (Å²) in [6.45, 7) is 3.80. The lowest BCUT2D eigenvalue weighted by Crippen LogP contribution is -2.35. The van der Waals surface area contributed by atoms with Crippen LogP contribution in [0.4, 0.5) is 4.39 Å². The molecule has 0 spiro atoms. The molecule has 7 heteroatoms. The van der Waals surface area contributed by atoms with Gasteiger partial charge in [-0.05, 0) is 30.0 Å². The summed E-state index contributed by atoms with van der Waals surface area (Å²) >= 11 is 1.56. The topological polar surface area (TPSA) is 61.9 Å². The molecule has 0 bridgehead atoms. The first-order valence-corrected chi connectivity index (χ1v) is 8.98. The van der Waals surface area contributed by atoms with Gasteiger partial charge in [-0.15, -0.1) is 11.3 Å². The van der Waals surface area contributed by atoms with Crippen LogP contribution < -0.4 is 5.56 Å². The highest BCUT2D eigenvalue weighted by molar-refractivity contribution is 7.13. The van der Waals surface area contributed by atoms with Crippen LogP contribution in [0.2, 0.25) is 0 Å². The number of nitrogens with one attached hydrogen (secondary N) is 1. The molecule has 128 valence electrons. The maximum Gasteiger partial charge on any atom is 0.255 e. The standard InChI is InChI=1S/C18H17FN4OS/c1-11-12(4-5-16(19)20-11)9-23-7-6-14-13(10-23)18(24)22-17(21-14)15-3-2-8-25-15/h2-5,8H,6-7,9-10H2,1H3,(H,21,22,24). The Morgan fingerprint density at radius 3 is 2.96 bits per heavy atom. The minimum Gasteiger partial charge on any atom is -0.306 e. The third-order valence-corrected chi connectivity index (χ3v) is 5.33. The van der Waals surface area contributed by atoms with Crippen molar-refractivity contribution in [2.45, 2.75) is 26.4 Å². The fourth-order valence-corrected chi connectivity index (χ4v) is 3.78. The lowest BCUT2D eigenvalue weighted by molar-refractivity contribution is 0.241. The molecule has 0 atom stereocenters. The molecule has 4 rings (SSSR count). The van der Waals surface area contributed by atoms with Crippen LogP contribution in [0.25, 0.3) is 10.7 Å². The van der Waals surface area contributed by atoms with Gasteiger partial charge < -0.3 is 4.98 Å². The number of aryl methyl sites for hydroxylation is 1. The Morgan fingerprint density at radius 1 is 1.32 bits per heavy atom. The highest BCUT2D eigenvalue weighted by Crippen LogP contribution is 2.23. The molecular weight excluding hydrogens is 339 g/mol. The molecular formula is C18H17FN4OS. The maximum atomic E-state index is 13.2. The fourth-order valence-electron chi connectivity index (χ4n) is 3.11. The van der Waals surface area contributed by atoms with Crippen molar-refractivity contribution in [2.24, 2.45) is 0 Å². The minimum absolute atomic E-state index is 0.0768. The Bertz CT molecular complexity index is 968. The van der Waals surface area contributed by atoms with Gasteiger partial charge in [0.1, 0.15) is 0 Å². The summed E-state index contributed by atoms with van der Waals surface area (Å²) < 4.78 is 13.2. The first kappa shape index (κ1) is 16.1. The number of aromatic nitrogens is 3. The van der Waals surface area contributed by atoms with Crippen LogP contribution in [0.15, 0.2) is 34.4 Å². The summed E-state index contributed by atoms with van der Waals surface area (Å²) in [4.78, 5) is 27.1. The summed E-state index contributed by atoms with van der Waals surface area (Å²) in [5.74, 6) is 0.178. The molecule has 0 saturated carbocycles. The Kier molecular flexibility index (Phi) is 4.19. The second kappa shape index (κ2) is 6.50. The van der Waals surface area contributed by atoms with Crippen molar-refractivity contribution in [1.82, 2.24) is 19.9 Å². The van der Waals surface area contributed by atoms with Crippen LogP contribution in [-0.4, -0.2) is 26.4 Å². The first-order valence-electron chi connectivity index (χ1n) is 8.10.